The fourth-order valence-electron chi connectivity index (χ4n) is 10.2. The monoisotopic (exact) mass is 700 g/mol. The molecule has 1 spiro atoms. The first kappa shape index (κ1) is 30.6. The van der Waals surface area contributed by atoms with Gasteiger partial charge >= 0.3 is 0 Å². The van der Waals surface area contributed by atoms with Gasteiger partial charge in [0.2, 0.25) is 0 Å². The second-order valence-corrected chi connectivity index (χ2v) is 15.2. The summed E-state index contributed by atoms with van der Waals surface area (Å²) in [5, 5.41) is 5.14. The number of hydrogen-bond donors (Lipinski definition) is 0. The minimum atomic E-state index is -0.497. The summed E-state index contributed by atoms with van der Waals surface area (Å²) in [6.45, 7) is 0. The molecule has 1 aromatic heterocycles. The number of nitrogens with zero attached hydrogens (tertiary/aromatic N) is 2. The Balaban J connectivity index is 1.14. The van der Waals surface area contributed by atoms with Crippen LogP contribution in [0.3, 0.4) is 0 Å². The van der Waals surface area contributed by atoms with Gasteiger partial charge in [0.15, 0.2) is 0 Å². The fraction of sp³-hybridized carbons (Fsp3) is 0.0566. The van der Waals surface area contributed by atoms with Crippen molar-refractivity contribution in [3.63, 3.8) is 0 Å². The molecule has 2 heteroatoms. The van der Waals surface area contributed by atoms with Gasteiger partial charge in [0, 0.05) is 28.1 Å². The number of rotatable bonds is 4. The zero-order valence-corrected chi connectivity index (χ0v) is 30.2. The number of anilines is 2. The van der Waals surface area contributed by atoms with E-state index in [9.17, 15) is 0 Å². The average Bonchev–Trinajstić information content (AvgIpc) is 3.75. The van der Waals surface area contributed by atoms with Crippen LogP contribution < -0.4 is 4.90 Å². The smallest absolute Gasteiger partial charge is 0.0755 e. The van der Waals surface area contributed by atoms with E-state index < -0.39 is 5.41 Å². The van der Waals surface area contributed by atoms with Gasteiger partial charge in [-0.05, 0) is 86.5 Å². The van der Waals surface area contributed by atoms with Crippen LogP contribution in [0.2, 0.25) is 0 Å². The maximum atomic E-state index is 2.58. The molecule has 3 aliphatic rings. The molecule has 1 atom stereocenters. The standard InChI is InChI=1S/C53H36N2/c1-2-16-39(17-3-1)54(40-32-30-36(31-33-40)38-29-28-35-14-4-5-15-37(35)34-38)50-27-13-25-48-52(50)55-49-26-11-8-20-43(49)44-21-12-24-47(51(44)55)53(48)45-22-9-6-18-41(45)42-19-7-10-23-46(42)53/h1-30,32-34,36H,31H2. The molecular formula is C53H36N2. The summed E-state index contributed by atoms with van der Waals surface area (Å²) < 4.78 is 2.58. The SMILES string of the molecule is C1=CC(c2ccc3ccccc3c2)CC=C1N(c1ccccc1)c1cccc2c1-n1c3ccccc3c3cccc(c31)C21c2ccccc2-c2ccccc21. The van der Waals surface area contributed by atoms with Crippen LogP contribution in [-0.2, 0) is 5.41 Å². The minimum absolute atomic E-state index is 0.310. The van der Waals surface area contributed by atoms with Crippen molar-refractivity contribution in [3.05, 3.63) is 234 Å². The number of para-hydroxylation sites is 4. The lowest BCUT2D eigenvalue weighted by molar-refractivity contribution is 0.748. The van der Waals surface area contributed by atoms with Crippen molar-refractivity contribution >= 4 is 44.0 Å². The fourth-order valence-corrected chi connectivity index (χ4v) is 10.2. The minimum Gasteiger partial charge on any atom is -0.309 e. The van der Waals surface area contributed by atoms with Gasteiger partial charge in [-0.1, -0.05) is 170 Å². The molecule has 0 saturated heterocycles. The Kier molecular flexibility index (Phi) is 6.41. The van der Waals surface area contributed by atoms with E-state index in [4.69, 9.17) is 0 Å². The molecule has 0 fully saturated rings. The van der Waals surface area contributed by atoms with Crippen molar-refractivity contribution < 1.29 is 0 Å². The molecule has 8 aromatic carbocycles. The topological polar surface area (TPSA) is 8.17 Å². The van der Waals surface area contributed by atoms with Crippen molar-refractivity contribution in [1.29, 1.82) is 0 Å². The Morgan fingerprint density at radius 1 is 0.527 bits per heavy atom. The maximum absolute atomic E-state index is 2.58. The molecule has 0 bridgehead atoms. The average molecular weight is 701 g/mol. The van der Waals surface area contributed by atoms with Crippen LogP contribution in [0.5, 0.6) is 0 Å². The molecule has 0 saturated carbocycles. The molecular weight excluding hydrogens is 665 g/mol. The molecule has 9 aromatic rings. The largest absolute Gasteiger partial charge is 0.309 e. The Labute approximate surface area is 320 Å². The molecule has 0 radical (unpaired) electrons. The lowest BCUT2D eigenvalue weighted by Gasteiger charge is -2.41. The van der Waals surface area contributed by atoms with Crippen LogP contribution in [0.15, 0.2) is 206 Å². The van der Waals surface area contributed by atoms with Gasteiger partial charge in [-0.25, -0.2) is 0 Å². The van der Waals surface area contributed by atoms with Crippen molar-refractivity contribution in [1.82, 2.24) is 4.57 Å². The third-order valence-corrected chi connectivity index (χ3v) is 12.5. The number of benzene rings is 8. The normalized spacial score (nSPS) is 15.9. The van der Waals surface area contributed by atoms with Crippen LogP contribution in [0.4, 0.5) is 11.4 Å². The summed E-state index contributed by atoms with van der Waals surface area (Å²) in [5.74, 6) is 0.310. The van der Waals surface area contributed by atoms with Crippen LogP contribution in [-0.4, -0.2) is 4.57 Å². The predicted molar refractivity (Wildman–Crippen MR) is 229 cm³/mol. The lowest BCUT2D eigenvalue weighted by Crippen LogP contribution is -2.34. The summed E-state index contributed by atoms with van der Waals surface area (Å²) >= 11 is 0. The summed E-state index contributed by atoms with van der Waals surface area (Å²) in [6.07, 6.45) is 8.13. The summed E-state index contributed by atoms with van der Waals surface area (Å²) in [6, 6.07) is 67.7. The van der Waals surface area contributed by atoms with Crippen molar-refractivity contribution in [2.24, 2.45) is 0 Å². The van der Waals surface area contributed by atoms with E-state index in [1.165, 1.54) is 88.6 Å². The summed E-state index contributed by atoms with van der Waals surface area (Å²) in [5.41, 5.74) is 16.1. The Bertz CT molecular complexity index is 3040. The second kappa shape index (κ2) is 11.5. The third-order valence-electron chi connectivity index (χ3n) is 12.5. The van der Waals surface area contributed by atoms with E-state index in [2.05, 4.69) is 210 Å². The second-order valence-electron chi connectivity index (χ2n) is 15.2. The summed E-state index contributed by atoms with van der Waals surface area (Å²) in [4.78, 5) is 2.50. The van der Waals surface area contributed by atoms with Gasteiger partial charge in [-0.3, -0.25) is 0 Å². The van der Waals surface area contributed by atoms with Gasteiger partial charge in [-0.2, -0.15) is 0 Å². The van der Waals surface area contributed by atoms with E-state index in [0.29, 0.717) is 5.92 Å². The molecule has 1 aliphatic heterocycles. The van der Waals surface area contributed by atoms with Crippen molar-refractivity contribution in [2.45, 2.75) is 17.8 Å². The first-order chi connectivity index (χ1) is 27.3. The first-order valence-electron chi connectivity index (χ1n) is 19.4. The first-order valence-corrected chi connectivity index (χ1v) is 19.4. The highest BCUT2D eigenvalue weighted by atomic mass is 15.2. The zero-order chi connectivity index (χ0) is 36.1. The molecule has 0 amide bonds. The van der Waals surface area contributed by atoms with Gasteiger partial charge in [-0.15, -0.1) is 0 Å². The number of allylic oxidation sites excluding steroid dienone is 3. The quantitative estimate of drug-likeness (QED) is 0.177. The molecule has 2 nitrogen and oxygen atoms in total. The van der Waals surface area contributed by atoms with Gasteiger partial charge < -0.3 is 9.47 Å². The van der Waals surface area contributed by atoms with E-state index >= 15 is 0 Å². The molecule has 55 heavy (non-hydrogen) atoms. The van der Waals surface area contributed by atoms with Crippen LogP contribution >= 0.6 is 0 Å². The highest BCUT2D eigenvalue weighted by molar-refractivity contribution is 6.13. The summed E-state index contributed by atoms with van der Waals surface area (Å²) in [7, 11) is 0. The molecule has 1 unspecified atom stereocenters. The van der Waals surface area contributed by atoms with Crippen LogP contribution in [0, 0.1) is 0 Å². The Morgan fingerprint density at radius 3 is 1.98 bits per heavy atom. The molecule has 258 valence electrons. The highest BCUT2D eigenvalue weighted by Gasteiger charge is 2.51. The Morgan fingerprint density at radius 2 is 1.18 bits per heavy atom. The lowest BCUT2D eigenvalue weighted by atomic mass is 9.65. The molecule has 2 aliphatic carbocycles. The van der Waals surface area contributed by atoms with E-state index in [1.807, 2.05) is 0 Å². The Hall–Kier alpha value is -6.90. The molecule has 0 N–H and O–H groups in total. The van der Waals surface area contributed by atoms with Gasteiger partial charge in [0.25, 0.3) is 0 Å². The number of fused-ring (bicyclic) bond motifs is 13. The zero-order valence-electron chi connectivity index (χ0n) is 30.2. The molecule has 12 rings (SSSR count). The maximum Gasteiger partial charge on any atom is 0.0755 e. The van der Waals surface area contributed by atoms with E-state index in [-0.39, 0.29) is 0 Å². The molecule has 2 heterocycles. The van der Waals surface area contributed by atoms with Crippen LogP contribution in [0.25, 0.3) is 49.4 Å². The van der Waals surface area contributed by atoms with Crippen molar-refractivity contribution in [2.75, 3.05) is 4.90 Å². The van der Waals surface area contributed by atoms with Gasteiger partial charge in [0.1, 0.15) is 0 Å². The number of aromatic nitrogens is 1. The van der Waals surface area contributed by atoms with E-state index in [0.717, 1.165) is 12.1 Å². The van der Waals surface area contributed by atoms with Gasteiger partial charge in [0.05, 0.1) is 27.8 Å². The van der Waals surface area contributed by atoms with E-state index in [1.54, 1.807) is 0 Å². The van der Waals surface area contributed by atoms with Crippen LogP contribution in [0.1, 0.15) is 40.2 Å². The highest BCUT2D eigenvalue weighted by Crippen LogP contribution is 2.62. The number of hydrogen-bond acceptors (Lipinski definition) is 1. The predicted octanol–water partition coefficient (Wildman–Crippen LogP) is 13.4. The van der Waals surface area contributed by atoms with Crippen molar-refractivity contribution in [3.8, 4) is 16.8 Å². The third kappa shape index (κ3) is 4.14.